The number of benzene rings is 1. The van der Waals surface area contributed by atoms with Crippen molar-refractivity contribution in [2.45, 2.75) is 6.92 Å². The minimum atomic E-state index is -0.678. The average Bonchev–Trinajstić information content (AvgIpc) is 2.20. The zero-order valence-corrected chi connectivity index (χ0v) is 8.01. The number of nitro benzene ring substituents is 1. The molecule has 0 aliphatic rings. The standard InChI is InChI=1S/C10H9NO4/c1-7(6-12)5-8-3-2-4-9(10(8)13)11(14)15/h2-6,13H,1H3/b7-5-. The average molecular weight is 207 g/mol. The lowest BCUT2D eigenvalue weighted by Crippen LogP contribution is -1.90. The molecule has 5 heteroatoms. The first kappa shape index (κ1) is 10.9. The number of aromatic hydroxyl groups is 1. The lowest BCUT2D eigenvalue weighted by atomic mass is 10.1. The summed E-state index contributed by atoms with van der Waals surface area (Å²) in [5.74, 6) is -0.427. The second-order valence-electron chi connectivity index (χ2n) is 2.98. The van der Waals surface area contributed by atoms with Gasteiger partial charge in [-0.2, -0.15) is 0 Å². The number of carbonyl (C=O) groups is 1. The zero-order chi connectivity index (χ0) is 11.4. The van der Waals surface area contributed by atoms with E-state index in [1.165, 1.54) is 24.3 Å². The zero-order valence-electron chi connectivity index (χ0n) is 8.01. The predicted molar refractivity (Wildman–Crippen MR) is 54.5 cm³/mol. The number of nitrogens with zero attached hydrogens (tertiary/aromatic N) is 1. The maximum absolute atomic E-state index is 10.5. The van der Waals surface area contributed by atoms with Crippen LogP contribution in [0.5, 0.6) is 5.75 Å². The van der Waals surface area contributed by atoms with E-state index in [0.29, 0.717) is 11.9 Å². The van der Waals surface area contributed by atoms with Gasteiger partial charge in [-0.05, 0) is 18.6 Å². The summed E-state index contributed by atoms with van der Waals surface area (Å²) in [5, 5.41) is 20.0. The highest BCUT2D eigenvalue weighted by Crippen LogP contribution is 2.30. The molecule has 0 aliphatic carbocycles. The molecule has 0 saturated heterocycles. The first-order valence-electron chi connectivity index (χ1n) is 4.16. The van der Waals surface area contributed by atoms with Gasteiger partial charge in [-0.25, -0.2) is 0 Å². The molecule has 5 nitrogen and oxygen atoms in total. The van der Waals surface area contributed by atoms with Crippen LogP contribution in [0.15, 0.2) is 23.8 Å². The Hall–Kier alpha value is -2.17. The second-order valence-corrected chi connectivity index (χ2v) is 2.98. The Morgan fingerprint density at radius 1 is 1.53 bits per heavy atom. The molecule has 0 aromatic heterocycles. The van der Waals surface area contributed by atoms with E-state index >= 15 is 0 Å². The van der Waals surface area contributed by atoms with Crippen LogP contribution in [0.4, 0.5) is 5.69 Å². The SMILES string of the molecule is C/C(C=O)=C/c1cccc([N+](=O)[O-])c1O. The number of rotatable bonds is 3. The predicted octanol–water partition coefficient (Wildman–Crippen LogP) is 1.90. The molecule has 0 amide bonds. The molecule has 0 unspecified atom stereocenters. The molecule has 0 bridgehead atoms. The largest absolute Gasteiger partial charge is 0.502 e. The number of hydrogen-bond acceptors (Lipinski definition) is 4. The van der Waals surface area contributed by atoms with Crippen LogP contribution in [0.1, 0.15) is 12.5 Å². The van der Waals surface area contributed by atoms with Crippen molar-refractivity contribution in [3.63, 3.8) is 0 Å². The van der Waals surface area contributed by atoms with Gasteiger partial charge in [0.15, 0.2) is 0 Å². The van der Waals surface area contributed by atoms with Crippen molar-refractivity contribution in [1.29, 1.82) is 0 Å². The Morgan fingerprint density at radius 3 is 2.73 bits per heavy atom. The van der Waals surface area contributed by atoms with Crippen LogP contribution in [0.25, 0.3) is 6.08 Å². The number of carbonyl (C=O) groups excluding carboxylic acids is 1. The minimum absolute atomic E-state index is 0.258. The first-order valence-corrected chi connectivity index (χ1v) is 4.16. The van der Waals surface area contributed by atoms with E-state index < -0.39 is 10.7 Å². The quantitative estimate of drug-likeness (QED) is 0.355. The molecular formula is C10H9NO4. The molecule has 0 fully saturated rings. The van der Waals surface area contributed by atoms with Crippen molar-refractivity contribution in [3.8, 4) is 5.75 Å². The molecule has 1 N–H and O–H groups in total. The Bertz CT molecular complexity index is 437. The molecule has 1 rings (SSSR count). The van der Waals surface area contributed by atoms with Crippen LogP contribution in [0.2, 0.25) is 0 Å². The second kappa shape index (κ2) is 4.36. The summed E-state index contributed by atoms with van der Waals surface area (Å²) in [6.45, 7) is 1.55. The van der Waals surface area contributed by atoms with Gasteiger partial charge in [0.1, 0.15) is 6.29 Å². The molecule has 15 heavy (non-hydrogen) atoms. The van der Waals surface area contributed by atoms with Gasteiger partial charge in [-0.3, -0.25) is 14.9 Å². The highest BCUT2D eigenvalue weighted by Gasteiger charge is 2.14. The van der Waals surface area contributed by atoms with Crippen LogP contribution in [0.3, 0.4) is 0 Å². The summed E-state index contributed by atoms with van der Waals surface area (Å²) in [6, 6.07) is 4.14. The monoisotopic (exact) mass is 207 g/mol. The third-order valence-corrected chi connectivity index (χ3v) is 1.81. The van der Waals surface area contributed by atoms with Crippen molar-refractivity contribution >= 4 is 18.0 Å². The van der Waals surface area contributed by atoms with Crippen LogP contribution in [-0.4, -0.2) is 16.3 Å². The number of phenols is 1. The van der Waals surface area contributed by atoms with E-state index in [2.05, 4.69) is 0 Å². The molecule has 1 aromatic rings. The van der Waals surface area contributed by atoms with Crippen LogP contribution >= 0.6 is 0 Å². The molecule has 0 aliphatic heterocycles. The summed E-state index contributed by atoms with van der Waals surface area (Å²) in [5.41, 5.74) is 0.266. The first-order chi connectivity index (χ1) is 7.06. The lowest BCUT2D eigenvalue weighted by molar-refractivity contribution is -0.385. The molecule has 0 spiro atoms. The summed E-state index contributed by atoms with van der Waals surface area (Å²) < 4.78 is 0. The van der Waals surface area contributed by atoms with Crippen LogP contribution < -0.4 is 0 Å². The molecule has 0 atom stereocenters. The number of phenolic OH excluding ortho intramolecular Hbond substituents is 1. The van der Waals surface area contributed by atoms with E-state index in [9.17, 15) is 20.0 Å². The molecule has 78 valence electrons. The van der Waals surface area contributed by atoms with Gasteiger partial charge in [-0.1, -0.05) is 12.1 Å². The van der Waals surface area contributed by atoms with Crippen molar-refractivity contribution in [3.05, 3.63) is 39.4 Å². The van der Waals surface area contributed by atoms with Gasteiger partial charge >= 0.3 is 5.69 Å². The third kappa shape index (κ3) is 2.40. The fourth-order valence-electron chi connectivity index (χ4n) is 1.09. The Balaban J connectivity index is 3.27. The minimum Gasteiger partial charge on any atom is -0.502 e. The molecule has 0 heterocycles. The fraction of sp³-hybridized carbons (Fsp3) is 0.100. The summed E-state index contributed by atoms with van der Waals surface area (Å²) in [6.07, 6.45) is 1.99. The van der Waals surface area contributed by atoms with Crippen molar-refractivity contribution in [1.82, 2.24) is 0 Å². The number of para-hydroxylation sites is 1. The van der Waals surface area contributed by atoms with E-state index in [1.54, 1.807) is 6.92 Å². The Morgan fingerprint density at radius 2 is 2.20 bits per heavy atom. The molecule has 0 radical (unpaired) electrons. The molecule has 0 saturated carbocycles. The number of nitro groups is 1. The summed E-state index contributed by atoms with van der Waals surface area (Å²) in [4.78, 5) is 20.2. The van der Waals surface area contributed by atoms with Crippen LogP contribution in [0, 0.1) is 10.1 Å². The van der Waals surface area contributed by atoms with Gasteiger partial charge < -0.3 is 5.11 Å². The van der Waals surface area contributed by atoms with E-state index in [0.717, 1.165) is 0 Å². The lowest BCUT2D eigenvalue weighted by Gasteiger charge is -2.00. The number of allylic oxidation sites excluding steroid dienone is 1. The van der Waals surface area contributed by atoms with Crippen molar-refractivity contribution in [2.75, 3.05) is 0 Å². The van der Waals surface area contributed by atoms with E-state index in [1.807, 2.05) is 0 Å². The van der Waals surface area contributed by atoms with Crippen molar-refractivity contribution in [2.24, 2.45) is 0 Å². The summed E-state index contributed by atoms with van der Waals surface area (Å²) in [7, 11) is 0. The highest BCUT2D eigenvalue weighted by molar-refractivity contribution is 5.82. The van der Waals surface area contributed by atoms with E-state index in [-0.39, 0.29) is 11.3 Å². The fourth-order valence-corrected chi connectivity index (χ4v) is 1.09. The Labute approximate surface area is 85.8 Å². The summed E-state index contributed by atoms with van der Waals surface area (Å²) >= 11 is 0. The smallest absolute Gasteiger partial charge is 0.311 e. The maximum Gasteiger partial charge on any atom is 0.311 e. The molecule has 1 aromatic carbocycles. The van der Waals surface area contributed by atoms with Gasteiger partial charge in [0.25, 0.3) is 0 Å². The van der Waals surface area contributed by atoms with Gasteiger partial charge in [0, 0.05) is 11.6 Å². The topological polar surface area (TPSA) is 80.4 Å². The molecular weight excluding hydrogens is 198 g/mol. The highest BCUT2D eigenvalue weighted by atomic mass is 16.6. The van der Waals surface area contributed by atoms with Crippen LogP contribution in [-0.2, 0) is 4.79 Å². The van der Waals surface area contributed by atoms with Gasteiger partial charge in [0.2, 0.25) is 5.75 Å². The maximum atomic E-state index is 10.5. The Kier molecular flexibility index (Phi) is 3.17. The third-order valence-electron chi connectivity index (χ3n) is 1.81. The number of aldehydes is 1. The van der Waals surface area contributed by atoms with Gasteiger partial charge in [-0.15, -0.1) is 0 Å². The van der Waals surface area contributed by atoms with Crippen molar-refractivity contribution < 1.29 is 14.8 Å². The van der Waals surface area contributed by atoms with E-state index in [4.69, 9.17) is 0 Å². The number of hydrogen-bond donors (Lipinski definition) is 1. The normalized spacial score (nSPS) is 11.1. The van der Waals surface area contributed by atoms with Gasteiger partial charge in [0.05, 0.1) is 4.92 Å².